The van der Waals surface area contributed by atoms with Crippen LogP contribution in [0, 0.1) is 5.82 Å². The first-order valence-electron chi connectivity index (χ1n) is 9.52. The lowest BCUT2D eigenvalue weighted by Gasteiger charge is -2.14. The maximum Gasteiger partial charge on any atom is 0.414 e. The van der Waals surface area contributed by atoms with Crippen LogP contribution >= 0.6 is 0 Å². The summed E-state index contributed by atoms with van der Waals surface area (Å²) in [5.41, 5.74) is 2.71. The number of benzene rings is 1. The fourth-order valence-corrected chi connectivity index (χ4v) is 3.34. The summed E-state index contributed by atoms with van der Waals surface area (Å²) in [6.07, 6.45) is 3.93. The van der Waals surface area contributed by atoms with Gasteiger partial charge in [-0.15, -0.1) is 0 Å². The molecule has 3 aromatic rings. The van der Waals surface area contributed by atoms with Crippen molar-refractivity contribution in [2.24, 2.45) is 5.16 Å². The number of carbonyl (C=O) groups excluding carboxylic acids is 2. The zero-order chi connectivity index (χ0) is 22.0. The number of carbonyl (C=O) groups is 2. The first kappa shape index (κ1) is 20.3. The van der Waals surface area contributed by atoms with Crippen molar-refractivity contribution in [1.82, 2.24) is 14.7 Å². The lowest BCUT2D eigenvalue weighted by molar-refractivity contribution is -0.119. The molecule has 1 aliphatic rings. The Morgan fingerprint density at radius 2 is 2.23 bits per heavy atom. The fourth-order valence-electron chi connectivity index (χ4n) is 3.34. The van der Waals surface area contributed by atoms with Gasteiger partial charge in [0.15, 0.2) is 0 Å². The van der Waals surface area contributed by atoms with Crippen molar-refractivity contribution in [1.29, 1.82) is 0 Å². The average Bonchev–Trinajstić information content (AvgIpc) is 3.32. The van der Waals surface area contributed by atoms with E-state index in [9.17, 15) is 14.0 Å². The number of imidazole rings is 1. The molecule has 0 radical (unpaired) electrons. The van der Waals surface area contributed by atoms with Gasteiger partial charge in [0.1, 0.15) is 30.4 Å². The van der Waals surface area contributed by atoms with Crippen molar-refractivity contribution in [2.45, 2.75) is 13.0 Å². The van der Waals surface area contributed by atoms with Crippen LogP contribution in [-0.2, 0) is 14.4 Å². The standard InChI is InChI=1S/C21H20FN5O4/c1-13(28)23-9-17-12-27(21(29)31-17)16-4-5-18(19(22)7-16)14-3-6-20-25-15(8-24-30-2)11-26(20)10-14/h3-8,10-11,17H,9,12H2,1-2H3,(H,23,28)/t17-/m0/s1. The van der Waals surface area contributed by atoms with Gasteiger partial charge in [0, 0.05) is 30.4 Å². The third-order valence-corrected chi connectivity index (χ3v) is 4.79. The van der Waals surface area contributed by atoms with E-state index in [1.165, 1.54) is 31.2 Å². The molecule has 1 atom stereocenters. The molecule has 9 nitrogen and oxygen atoms in total. The second-order valence-corrected chi connectivity index (χ2v) is 6.98. The first-order chi connectivity index (χ1) is 14.9. The van der Waals surface area contributed by atoms with E-state index < -0.39 is 18.0 Å². The highest BCUT2D eigenvalue weighted by Crippen LogP contribution is 2.29. The van der Waals surface area contributed by atoms with Gasteiger partial charge >= 0.3 is 6.09 Å². The van der Waals surface area contributed by atoms with Crippen LogP contribution in [0.15, 0.2) is 47.9 Å². The Bertz CT molecular complexity index is 1180. The number of oxime groups is 1. The normalized spacial score (nSPS) is 16.2. The van der Waals surface area contributed by atoms with E-state index in [2.05, 4.69) is 20.3 Å². The van der Waals surface area contributed by atoms with Crippen LogP contribution in [0.25, 0.3) is 16.8 Å². The molecule has 1 aromatic carbocycles. The summed E-state index contributed by atoms with van der Waals surface area (Å²) in [6, 6.07) is 8.12. The van der Waals surface area contributed by atoms with Gasteiger partial charge in [-0.25, -0.2) is 14.2 Å². The highest BCUT2D eigenvalue weighted by atomic mass is 19.1. The van der Waals surface area contributed by atoms with E-state index in [0.29, 0.717) is 28.2 Å². The van der Waals surface area contributed by atoms with Crippen LogP contribution in [0.5, 0.6) is 0 Å². The molecule has 3 heterocycles. The zero-order valence-corrected chi connectivity index (χ0v) is 16.9. The summed E-state index contributed by atoms with van der Waals surface area (Å²) in [4.78, 5) is 33.6. The minimum Gasteiger partial charge on any atom is -0.442 e. The SMILES string of the molecule is CON=Cc1cn2cc(-c3ccc(N4C[C@H](CNC(C)=O)OC4=O)cc3F)ccc2n1. The Kier molecular flexibility index (Phi) is 5.52. The highest BCUT2D eigenvalue weighted by molar-refractivity contribution is 5.90. The Balaban J connectivity index is 1.55. The quantitative estimate of drug-likeness (QED) is 0.484. The largest absolute Gasteiger partial charge is 0.442 e. The van der Waals surface area contributed by atoms with Crippen molar-refractivity contribution in [3.05, 3.63) is 54.2 Å². The minimum atomic E-state index is -0.576. The molecule has 10 heteroatoms. The van der Waals surface area contributed by atoms with E-state index in [1.807, 2.05) is 0 Å². The number of amides is 2. The monoisotopic (exact) mass is 425 g/mol. The number of aromatic nitrogens is 2. The maximum absolute atomic E-state index is 14.9. The van der Waals surface area contributed by atoms with Gasteiger partial charge in [-0.05, 0) is 30.3 Å². The van der Waals surface area contributed by atoms with Crippen LogP contribution in [0.1, 0.15) is 12.6 Å². The van der Waals surface area contributed by atoms with Crippen LogP contribution < -0.4 is 10.2 Å². The Labute approximate surface area is 177 Å². The summed E-state index contributed by atoms with van der Waals surface area (Å²) < 4.78 is 21.9. The summed E-state index contributed by atoms with van der Waals surface area (Å²) >= 11 is 0. The lowest BCUT2D eigenvalue weighted by atomic mass is 10.1. The molecule has 1 N–H and O–H groups in total. The van der Waals surface area contributed by atoms with Gasteiger partial charge in [0.05, 0.1) is 25.0 Å². The topological polar surface area (TPSA) is 97.5 Å². The fraction of sp³-hybridized carbons (Fsp3) is 0.238. The molecule has 0 aliphatic carbocycles. The van der Waals surface area contributed by atoms with E-state index in [0.717, 1.165) is 0 Å². The third kappa shape index (κ3) is 4.32. The van der Waals surface area contributed by atoms with Gasteiger partial charge in [-0.1, -0.05) is 5.16 Å². The van der Waals surface area contributed by atoms with E-state index in [-0.39, 0.29) is 19.0 Å². The molecule has 160 valence electrons. The number of hydrogen-bond donors (Lipinski definition) is 1. The first-order valence-corrected chi connectivity index (χ1v) is 9.52. The number of ether oxygens (including phenoxy) is 1. The molecule has 2 aromatic heterocycles. The predicted molar refractivity (Wildman–Crippen MR) is 111 cm³/mol. The summed E-state index contributed by atoms with van der Waals surface area (Å²) in [6.45, 7) is 1.82. The molecular weight excluding hydrogens is 405 g/mol. The maximum atomic E-state index is 14.9. The molecule has 0 bridgehead atoms. The van der Waals surface area contributed by atoms with Gasteiger partial charge in [0.25, 0.3) is 0 Å². The number of halogens is 1. The zero-order valence-electron chi connectivity index (χ0n) is 16.9. The second-order valence-electron chi connectivity index (χ2n) is 6.98. The minimum absolute atomic E-state index is 0.208. The molecule has 31 heavy (non-hydrogen) atoms. The van der Waals surface area contributed by atoms with E-state index >= 15 is 0 Å². The Hall–Kier alpha value is -3.95. The molecule has 1 saturated heterocycles. The highest BCUT2D eigenvalue weighted by Gasteiger charge is 2.32. The summed E-state index contributed by atoms with van der Waals surface area (Å²) in [5.74, 6) is -0.686. The number of anilines is 1. The van der Waals surface area contributed by atoms with E-state index in [1.54, 1.807) is 41.1 Å². The van der Waals surface area contributed by atoms with Crippen LogP contribution in [0.2, 0.25) is 0 Å². The third-order valence-electron chi connectivity index (χ3n) is 4.79. The van der Waals surface area contributed by atoms with Crippen molar-refractivity contribution >= 4 is 29.5 Å². The summed E-state index contributed by atoms with van der Waals surface area (Å²) in [5, 5.41) is 6.30. The van der Waals surface area contributed by atoms with Gasteiger partial charge < -0.3 is 19.3 Å². The van der Waals surface area contributed by atoms with Crippen molar-refractivity contribution in [2.75, 3.05) is 25.1 Å². The van der Waals surface area contributed by atoms with Crippen LogP contribution in [-0.4, -0.2) is 53.9 Å². The number of cyclic esters (lactones) is 1. The van der Waals surface area contributed by atoms with Gasteiger partial charge in [-0.2, -0.15) is 0 Å². The lowest BCUT2D eigenvalue weighted by Crippen LogP contribution is -2.33. The van der Waals surface area contributed by atoms with Crippen molar-refractivity contribution < 1.29 is 23.6 Å². The predicted octanol–water partition coefficient (Wildman–Crippen LogP) is 2.58. The number of nitrogens with one attached hydrogen (secondary N) is 1. The van der Waals surface area contributed by atoms with Gasteiger partial charge in [-0.3, -0.25) is 9.69 Å². The molecule has 4 rings (SSSR count). The number of nitrogens with zero attached hydrogens (tertiary/aromatic N) is 4. The molecule has 0 saturated carbocycles. The summed E-state index contributed by atoms with van der Waals surface area (Å²) in [7, 11) is 1.45. The average molecular weight is 425 g/mol. The molecule has 2 amide bonds. The molecule has 0 spiro atoms. The van der Waals surface area contributed by atoms with Gasteiger partial charge in [0.2, 0.25) is 5.91 Å². The van der Waals surface area contributed by atoms with Crippen molar-refractivity contribution in [3.63, 3.8) is 0 Å². The van der Waals surface area contributed by atoms with E-state index in [4.69, 9.17) is 4.74 Å². The number of hydrogen-bond acceptors (Lipinski definition) is 6. The molecular formula is C21H20FN5O4. The molecule has 1 aliphatic heterocycles. The van der Waals surface area contributed by atoms with Crippen molar-refractivity contribution in [3.8, 4) is 11.1 Å². The Morgan fingerprint density at radius 1 is 1.39 bits per heavy atom. The molecule has 0 unspecified atom stereocenters. The van der Waals surface area contributed by atoms with Crippen LogP contribution in [0.3, 0.4) is 0 Å². The number of fused-ring (bicyclic) bond motifs is 1. The number of pyridine rings is 1. The van der Waals surface area contributed by atoms with Crippen LogP contribution in [0.4, 0.5) is 14.9 Å². The number of rotatable bonds is 6. The smallest absolute Gasteiger partial charge is 0.414 e. The second kappa shape index (κ2) is 8.42. The Morgan fingerprint density at radius 3 is 2.97 bits per heavy atom. The molecule has 1 fully saturated rings.